The van der Waals surface area contributed by atoms with Crippen LogP contribution in [0.3, 0.4) is 0 Å². The van der Waals surface area contributed by atoms with Gasteiger partial charge < -0.3 is 16.0 Å². The van der Waals surface area contributed by atoms with Gasteiger partial charge in [0.25, 0.3) is 0 Å². The number of amides is 2. The molecule has 5 rings (SSSR count). The molecule has 3 N–H and O–H groups in total. The van der Waals surface area contributed by atoms with E-state index in [2.05, 4.69) is 50.2 Å². The van der Waals surface area contributed by atoms with Crippen LogP contribution in [0.4, 0.5) is 23.8 Å². The number of hydrogen-bond acceptors (Lipinski definition) is 5. The number of hydrogen-bond donors (Lipinski definition) is 3. The first-order valence-electron chi connectivity index (χ1n) is 14.1. The van der Waals surface area contributed by atoms with Crippen molar-refractivity contribution >= 4 is 23.8 Å². The molecule has 11 heteroatoms. The zero-order valence-electron chi connectivity index (χ0n) is 22.9. The van der Waals surface area contributed by atoms with Crippen LogP contribution in [0.2, 0.25) is 0 Å². The van der Waals surface area contributed by atoms with Gasteiger partial charge in [0, 0.05) is 30.7 Å². The van der Waals surface area contributed by atoms with Gasteiger partial charge in [-0.05, 0) is 63.5 Å². The van der Waals surface area contributed by atoms with Crippen molar-refractivity contribution in [2.45, 2.75) is 76.2 Å². The van der Waals surface area contributed by atoms with Crippen LogP contribution in [0.25, 0.3) is 6.08 Å². The summed E-state index contributed by atoms with van der Waals surface area (Å²) in [7, 11) is 0. The van der Waals surface area contributed by atoms with Crippen molar-refractivity contribution in [1.82, 2.24) is 25.3 Å². The topological polar surface area (TPSA) is 91.3 Å². The molecule has 1 unspecified atom stereocenters. The number of carbonyl (C=O) groups excluding carboxylic acids is 2. The molecule has 1 atom stereocenters. The number of allylic oxidation sites excluding steroid dienone is 1. The Morgan fingerprint density at radius 1 is 1.07 bits per heavy atom. The summed E-state index contributed by atoms with van der Waals surface area (Å²) in [6.07, 6.45) is 2.20. The van der Waals surface area contributed by atoms with Gasteiger partial charge in [-0.2, -0.15) is 17.9 Å². The summed E-state index contributed by atoms with van der Waals surface area (Å²) < 4.78 is 41.3. The van der Waals surface area contributed by atoms with Gasteiger partial charge in [-0.3, -0.25) is 9.69 Å². The van der Waals surface area contributed by atoms with Crippen LogP contribution < -0.4 is 16.0 Å². The Morgan fingerprint density at radius 3 is 2.42 bits per heavy atom. The Kier molecular flexibility index (Phi) is 8.21. The molecule has 2 fully saturated rings. The lowest BCUT2D eigenvalue weighted by molar-refractivity contribution is -0.160. The molecule has 8 nitrogen and oxygen atoms in total. The molecule has 1 aromatic carbocycles. The number of nitrogens with one attached hydrogen (secondary N) is 3. The molecule has 2 amide bonds. The summed E-state index contributed by atoms with van der Waals surface area (Å²) in [5, 5.41) is 12.8. The Balaban J connectivity index is 1.12. The summed E-state index contributed by atoms with van der Waals surface area (Å²) in [4.78, 5) is 27.7. The van der Waals surface area contributed by atoms with Crippen molar-refractivity contribution in [2.75, 3.05) is 25.0 Å². The fourth-order valence-electron chi connectivity index (χ4n) is 6.01. The van der Waals surface area contributed by atoms with Gasteiger partial charge >= 0.3 is 12.2 Å². The van der Waals surface area contributed by atoms with Crippen LogP contribution in [-0.4, -0.2) is 70.6 Å². The lowest BCUT2D eigenvalue weighted by atomic mass is 9.80. The fourth-order valence-corrected chi connectivity index (χ4v) is 6.01. The summed E-state index contributed by atoms with van der Waals surface area (Å²) in [5.74, 6) is -1.20. The fraction of sp³-hybridized carbons (Fsp3) is 0.552. The molecule has 3 aliphatic rings. The standard InChI is InChI=1S/C29H37F3N6O2/c1-18(2)34-28(40)38-25-13-10-21(29(30,31)32)14-24(25)27(36-38)33-15-26(39)35-22-16-37(17-22)23-11-8-20(9-12-23)19-6-4-3-5-7-19/h3-7,10,13,18,20-23H,8-9,11-12,14-17H2,1-2H3,(H,33,36)(H,34,40)(H,35,39). The van der Waals surface area contributed by atoms with Crippen LogP contribution in [0.1, 0.15) is 62.3 Å². The number of benzene rings is 1. The number of rotatable bonds is 7. The molecule has 1 saturated carbocycles. The lowest BCUT2D eigenvalue weighted by Gasteiger charge is -2.46. The van der Waals surface area contributed by atoms with Crippen molar-refractivity contribution in [2.24, 2.45) is 5.92 Å². The summed E-state index contributed by atoms with van der Waals surface area (Å²) in [6.45, 7) is 5.01. The molecule has 40 heavy (non-hydrogen) atoms. The average Bonchev–Trinajstić information content (AvgIpc) is 3.27. The van der Waals surface area contributed by atoms with Crippen molar-refractivity contribution in [3.8, 4) is 0 Å². The summed E-state index contributed by atoms with van der Waals surface area (Å²) >= 11 is 0. The number of aromatic nitrogens is 2. The number of anilines is 1. The van der Waals surface area contributed by atoms with E-state index in [1.807, 2.05) is 6.07 Å². The van der Waals surface area contributed by atoms with E-state index in [0.29, 0.717) is 12.0 Å². The molecule has 2 heterocycles. The highest BCUT2D eigenvalue weighted by atomic mass is 19.4. The Hall–Kier alpha value is -3.34. The maximum atomic E-state index is 13.4. The van der Waals surface area contributed by atoms with Crippen molar-refractivity contribution in [3.05, 3.63) is 53.2 Å². The van der Waals surface area contributed by atoms with Gasteiger partial charge in [0.15, 0.2) is 5.82 Å². The van der Waals surface area contributed by atoms with E-state index in [1.165, 1.54) is 24.5 Å². The van der Waals surface area contributed by atoms with E-state index in [1.54, 1.807) is 13.8 Å². The van der Waals surface area contributed by atoms with E-state index < -0.39 is 18.1 Å². The van der Waals surface area contributed by atoms with Crippen molar-refractivity contribution < 1.29 is 22.8 Å². The van der Waals surface area contributed by atoms with Gasteiger partial charge in [-0.1, -0.05) is 36.4 Å². The highest BCUT2D eigenvalue weighted by molar-refractivity contribution is 5.83. The molecular weight excluding hydrogens is 521 g/mol. The molecule has 1 aliphatic heterocycles. The zero-order chi connectivity index (χ0) is 28.4. The maximum absolute atomic E-state index is 13.4. The van der Waals surface area contributed by atoms with E-state index in [0.717, 1.165) is 36.7 Å². The molecule has 0 radical (unpaired) electrons. The normalized spacial score (nSPS) is 23.4. The predicted octanol–water partition coefficient (Wildman–Crippen LogP) is 4.54. The zero-order valence-corrected chi connectivity index (χ0v) is 22.9. The number of alkyl halides is 3. The van der Waals surface area contributed by atoms with Gasteiger partial charge in [-0.25, -0.2) is 4.79 Å². The van der Waals surface area contributed by atoms with Gasteiger partial charge in [0.1, 0.15) is 0 Å². The Labute approximate surface area is 232 Å². The van der Waals surface area contributed by atoms with Crippen LogP contribution in [-0.2, 0) is 11.2 Å². The van der Waals surface area contributed by atoms with Gasteiger partial charge in [-0.15, -0.1) is 5.10 Å². The van der Waals surface area contributed by atoms with Gasteiger partial charge in [0.2, 0.25) is 5.91 Å². The summed E-state index contributed by atoms with van der Waals surface area (Å²) in [6, 6.07) is 10.5. The minimum atomic E-state index is -4.41. The molecule has 0 spiro atoms. The van der Waals surface area contributed by atoms with Crippen LogP contribution in [0.15, 0.2) is 36.4 Å². The largest absolute Gasteiger partial charge is 0.395 e. The number of nitrogens with zero attached hydrogens (tertiary/aromatic N) is 3. The molecule has 1 aromatic heterocycles. The highest BCUT2D eigenvalue weighted by Gasteiger charge is 2.41. The van der Waals surface area contributed by atoms with Gasteiger partial charge in [0.05, 0.1) is 24.2 Å². The number of halogens is 3. The molecule has 0 bridgehead atoms. The molecule has 1 saturated heterocycles. The van der Waals surface area contributed by atoms with Crippen molar-refractivity contribution in [1.29, 1.82) is 0 Å². The molecule has 2 aromatic rings. The Morgan fingerprint density at radius 2 is 1.77 bits per heavy atom. The first-order chi connectivity index (χ1) is 19.1. The van der Waals surface area contributed by atoms with Crippen LogP contribution in [0.5, 0.6) is 0 Å². The minimum absolute atomic E-state index is 0.0435. The molecule has 216 valence electrons. The van der Waals surface area contributed by atoms with E-state index in [4.69, 9.17) is 0 Å². The third-order valence-corrected chi connectivity index (χ3v) is 8.13. The van der Waals surface area contributed by atoms with E-state index >= 15 is 0 Å². The first kappa shape index (κ1) is 28.2. The summed E-state index contributed by atoms with van der Waals surface area (Å²) in [5.41, 5.74) is 1.98. The highest BCUT2D eigenvalue weighted by Crippen LogP contribution is 2.38. The third kappa shape index (κ3) is 6.35. The number of fused-ring (bicyclic) bond motifs is 1. The monoisotopic (exact) mass is 558 g/mol. The average molecular weight is 559 g/mol. The quantitative estimate of drug-likeness (QED) is 0.465. The second-order valence-corrected chi connectivity index (χ2v) is 11.4. The SMILES string of the molecule is CC(C)NC(=O)n1nc(NCC(=O)NC2CN(C3CCC(c4ccccc4)CC3)C2)c2c1C=CC(C(F)(F)F)C2. The first-order valence-corrected chi connectivity index (χ1v) is 14.1. The molecular formula is C29H37F3N6O2. The minimum Gasteiger partial charge on any atom is -0.359 e. The number of carbonyl (C=O) groups is 2. The lowest BCUT2D eigenvalue weighted by Crippen LogP contribution is -2.63. The number of likely N-dealkylation sites (tertiary alicyclic amines) is 1. The second-order valence-electron chi connectivity index (χ2n) is 11.4. The smallest absolute Gasteiger partial charge is 0.359 e. The maximum Gasteiger partial charge on any atom is 0.395 e. The van der Waals surface area contributed by atoms with Crippen LogP contribution >= 0.6 is 0 Å². The Bertz CT molecular complexity index is 1230. The van der Waals surface area contributed by atoms with Crippen LogP contribution in [0, 0.1) is 5.92 Å². The van der Waals surface area contributed by atoms with E-state index in [-0.39, 0.29) is 48.0 Å². The third-order valence-electron chi connectivity index (χ3n) is 8.13. The second kappa shape index (κ2) is 11.6. The van der Waals surface area contributed by atoms with E-state index in [9.17, 15) is 22.8 Å². The molecule has 2 aliphatic carbocycles. The van der Waals surface area contributed by atoms with Crippen molar-refractivity contribution in [3.63, 3.8) is 0 Å². The predicted molar refractivity (Wildman–Crippen MR) is 147 cm³/mol.